The summed E-state index contributed by atoms with van der Waals surface area (Å²) in [6, 6.07) is 2.84. The van der Waals surface area contributed by atoms with Gasteiger partial charge in [0.05, 0.1) is 5.56 Å². The molecule has 0 radical (unpaired) electrons. The van der Waals surface area contributed by atoms with Gasteiger partial charge >= 0.3 is 12.1 Å². The van der Waals surface area contributed by atoms with E-state index in [0.717, 1.165) is 25.0 Å². The molecule has 0 saturated heterocycles. The summed E-state index contributed by atoms with van der Waals surface area (Å²) in [7, 11) is 0. The first-order valence-corrected chi connectivity index (χ1v) is 6.48. The Bertz CT molecular complexity index is 553. The summed E-state index contributed by atoms with van der Waals surface area (Å²) in [4.78, 5) is 23.0. The van der Waals surface area contributed by atoms with Gasteiger partial charge in [0.1, 0.15) is 6.04 Å². The van der Waals surface area contributed by atoms with Gasteiger partial charge in [-0.2, -0.15) is 13.2 Å². The van der Waals surface area contributed by atoms with Gasteiger partial charge in [0.25, 0.3) is 5.91 Å². The van der Waals surface area contributed by atoms with E-state index in [-0.39, 0.29) is 11.5 Å². The van der Waals surface area contributed by atoms with E-state index >= 15 is 0 Å². The van der Waals surface area contributed by atoms with Crippen LogP contribution < -0.4 is 5.32 Å². The Morgan fingerprint density at radius 2 is 2.00 bits per heavy atom. The molecule has 21 heavy (non-hydrogen) atoms. The van der Waals surface area contributed by atoms with Gasteiger partial charge in [-0.05, 0) is 30.5 Å². The second-order valence-corrected chi connectivity index (χ2v) is 5.12. The largest absolute Gasteiger partial charge is 0.480 e. The van der Waals surface area contributed by atoms with Gasteiger partial charge in [0.2, 0.25) is 0 Å². The number of rotatable bonds is 5. The summed E-state index contributed by atoms with van der Waals surface area (Å²) in [5, 5.41) is 11.3. The van der Waals surface area contributed by atoms with Crippen molar-refractivity contribution < 1.29 is 27.9 Å². The first-order valence-electron chi connectivity index (χ1n) is 6.48. The third-order valence-electron chi connectivity index (χ3n) is 3.32. The molecule has 0 bridgehead atoms. The first-order chi connectivity index (χ1) is 9.77. The fraction of sp³-hybridized carbons (Fsp3) is 0.429. The van der Waals surface area contributed by atoms with Crippen LogP contribution >= 0.6 is 0 Å². The third-order valence-corrected chi connectivity index (χ3v) is 3.32. The Hall–Kier alpha value is -2.05. The van der Waals surface area contributed by atoms with Crippen molar-refractivity contribution in [1.82, 2.24) is 5.32 Å². The van der Waals surface area contributed by atoms with Crippen LogP contribution in [0.1, 0.15) is 35.2 Å². The van der Waals surface area contributed by atoms with Crippen molar-refractivity contribution in [1.29, 1.82) is 0 Å². The highest BCUT2D eigenvalue weighted by Crippen LogP contribution is 2.33. The van der Waals surface area contributed by atoms with Crippen LogP contribution in [0.2, 0.25) is 0 Å². The van der Waals surface area contributed by atoms with Crippen LogP contribution in [0.15, 0.2) is 24.3 Å². The summed E-state index contributed by atoms with van der Waals surface area (Å²) < 4.78 is 37.7. The highest BCUT2D eigenvalue weighted by atomic mass is 19.4. The van der Waals surface area contributed by atoms with Crippen molar-refractivity contribution in [3.05, 3.63) is 35.4 Å². The molecule has 0 spiro atoms. The lowest BCUT2D eigenvalue weighted by Crippen LogP contribution is -2.41. The van der Waals surface area contributed by atoms with Gasteiger partial charge in [-0.3, -0.25) is 4.79 Å². The maximum absolute atomic E-state index is 12.6. The topological polar surface area (TPSA) is 66.4 Å². The van der Waals surface area contributed by atoms with Crippen molar-refractivity contribution in [2.75, 3.05) is 0 Å². The lowest BCUT2D eigenvalue weighted by molar-refractivity contribution is -0.140. The van der Waals surface area contributed by atoms with E-state index < -0.39 is 29.7 Å². The monoisotopic (exact) mass is 301 g/mol. The van der Waals surface area contributed by atoms with Gasteiger partial charge in [-0.15, -0.1) is 0 Å². The second kappa shape index (κ2) is 5.75. The normalized spacial score (nSPS) is 16.3. The van der Waals surface area contributed by atoms with Crippen LogP contribution in [0, 0.1) is 5.92 Å². The molecule has 0 aliphatic heterocycles. The lowest BCUT2D eigenvalue weighted by atomic mass is 10.1. The molecule has 1 aliphatic carbocycles. The Kier molecular flexibility index (Phi) is 4.20. The summed E-state index contributed by atoms with van der Waals surface area (Å²) in [5.74, 6) is -1.72. The number of carboxylic acid groups (broad SMARTS) is 1. The molecule has 0 aromatic heterocycles. The highest BCUT2D eigenvalue weighted by Gasteiger charge is 2.32. The van der Waals surface area contributed by atoms with E-state index in [2.05, 4.69) is 5.32 Å². The minimum absolute atomic E-state index is 0.202. The van der Waals surface area contributed by atoms with E-state index in [0.29, 0.717) is 12.5 Å². The SMILES string of the molecule is O=C(N[C@H](CC1CC1)C(=O)O)c1cccc(C(F)(F)F)c1. The molecule has 114 valence electrons. The van der Waals surface area contributed by atoms with Gasteiger partial charge in [-0.1, -0.05) is 18.9 Å². The van der Waals surface area contributed by atoms with E-state index in [1.807, 2.05) is 0 Å². The van der Waals surface area contributed by atoms with Crippen molar-refractivity contribution in [2.45, 2.75) is 31.5 Å². The number of hydrogen-bond acceptors (Lipinski definition) is 2. The Labute approximate surface area is 119 Å². The van der Waals surface area contributed by atoms with Crippen molar-refractivity contribution >= 4 is 11.9 Å². The number of nitrogens with one attached hydrogen (secondary N) is 1. The van der Waals surface area contributed by atoms with Gasteiger partial charge < -0.3 is 10.4 Å². The number of carbonyl (C=O) groups excluding carboxylic acids is 1. The Morgan fingerprint density at radius 1 is 1.33 bits per heavy atom. The summed E-state index contributed by atoms with van der Waals surface area (Å²) in [6.45, 7) is 0. The third kappa shape index (κ3) is 4.21. The maximum atomic E-state index is 12.6. The number of halogens is 3. The highest BCUT2D eigenvalue weighted by molar-refractivity contribution is 5.96. The molecule has 1 aromatic carbocycles. The molecule has 1 fully saturated rings. The van der Waals surface area contributed by atoms with E-state index in [1.165, 1.54) is 6.07 Å². The number of amides is 1. The molecule has 1 saturated carbocycles. The average molecular weight is 301 g/mol. The fourth-order valence-electron chi connectivity index (χ4n) is 1.99. The molecule has 4 nitrogen and oxygen atoms in total. The molecule has 1 aliphatic rings. The smallest absolute Gasteiger partial charge is 0.416 e. The standard InChI is InChI=1S/C14H14F3NO3/c15-14(16,17)10-3-1-2-9(7-10)12(19)18-11(13(20)21)6-8-4-5-8/h1-3,7-8,11H,4-6H2,(H,18,19)(H,20,21)/t11-/m1/s1. The number of benzene rings is 1. The zero-order chi connectivity index (χ0) is 15.6. The van der Waals surface area contributed by atoms with Gasteiger partial charge in [0.15, 0.2) is 0 Å². The van der Waals surface area contributed by atoms with Crippen molar-refractivity contribution in [3.63, 3.8) is 0 Å². The molecule has 0 heterocycles. The van der Waals surface area contributed by atoms with Crippen LogP contribution in [-0.2, 0) is 11.0 Å². The summed E-state index contributed by atoms with van der Waals surface area (Å²) in [5.41, 5.74) is -1.14. The minimum atomic E-state index is -4.55. The van der Waals surface area contributed by atoms with Gasteiger partial charge in [-0.25, -0.2) is 4.79 Å². The van der Waals surface area contributed by atoms with Crippen molar-refractivity contribution in [2.24, 2.45) is 5.92 Å². The van der Waals surface area contributed by atoms with Gasteiger partial charge in [0, 0.05) is 5.56 Å². The molecule has 1 amide bonds. The molecule has 0 unspecified atom stereocenters. The minimum Gasteiger partial charge on any atom is -0.480 e. The van der Waals surface area contributed by atoms with Crippen LogP contribution in [0.25, 0.3) is 0 Å². The molecule has 1 atom stereocenters. The van der Waals surface area contributed by atoms with Crippen LogP contribution in [-0.4, -0.2) is 23.0 Å². The average Bonchev–Trinajstić information content (AvgIpc) is 3.21. The number of carbonyl (C=O) groups is 2. The number of carboxylic acids is 1. The number of aliphatic carboxylic acids is 1. The lowest BCUT2D eigenvalue weighted by Gasteiger charge is -2.15. The second-order valence-electron chi connectivity index (χ2n) is 5.12. The van der Waals surface area contributed by atoms with E-state index in [1.54, 1.807) is 0 Å². The van der Waals surface area contributed by atoms with E-state index in [9.17, 15) is 22.8 Å². The first kappa shape index (κ1) is 15.3. The summed E-state index contributed by atoms with van der Waals surface area (Å²) in [6.07, 6.45) is -2.40. The molecular weight excluding hydrogens is 287 g/mol. The number of alkyl halides is 3. The molecular formula is C14H14F3NO3. The maximum Gasteiger partial charge on any atom is 0.416 e. The van der Waals surface area contributed by atoms with Crippen LogP contribution in [0.3, 0.4) is 0 Å². The van der Waals surface area contributed by atoms with Crippen LogP contribution in [0.4, 0.5) is 13.2 Å². The number of hydrogen-bond donors (Lipinski definition) is 2. The fourth-order valence-corrected chi connectivity index (χ4v) is 1.99. The molecule has 2 rings (SSSR count). The summed E-state index contributed by atoms with van der Waals surface area (Å²) >= 11 is 0. The quantitative estimate of drug-likeness (QED) is 0.878. The molecule has 7 heteroatoms. The van der Waals surface area contributed by atoms with E-state index in [4.69, 9.17) is 5.11 Å². The predicted molar refractivity (Wildman–Crippen MR) is 67.7 cm³/mol. The van der Waals surface area contributed by atoms with Crippen LogP contribution in [0.5, 0.6) is 0 Å². The molecule has 1 aromatic rings. The Balaban J connectivity index is 2.09. The Morgan fingerprint density at radius 3 is 2.52 bits per heavy atom. The predicted octanol–water partition coefficient (Wildman–Crippen LogP) is 2.69. The van der Waals surface area contributed by atoms with Crippen molar-refractivity contribution in [3.8, 4) is 0 Å². The molecule has 2 N–H and O–H groups in total. The zero-order valence-corrected chi connectivity index (χ0v) is 11.0. The zero-order valence-electron chi connectivity index (χ0n) is 11.0.